The summed E-state index contributed by atoms with van der Waals surface area (Å²) >= 11 is 0. The van der Waals surface area contributed by atoms with Gasteiger partial charge in [-0.1, -0.05) is 47.1 Å². The fourth-order valence-corrected chi connectivity index (χ4v) is 10.6. The van der Waals surface area contributed by atoms with Gasteiger partial charge in [0.2, 0.25) is 0 Å². The Morgan fingerprint density at radius 3 is 2.26 bits per heavy atom. The van der Waals surface area contributed by atoms with Crippen molar-refractivity contribution in [3.63, 3.8) is 0 Å². The highest BCUT2D eigenvalue weighted by atomic mass is 16.5. The lowest BCUT2D eigenvalue weighted by molar-refractivity contribution is -0.202. The van der Waals surface area contributed by atoms with Crippen molar-refractivity contribution in [3.8, 4) is 0 Å². The van der Waals surface area contributed by atoms with Crippen LogP contribution in [0.2, 0.25) is 0 Å². The predicted molar refractivity (Wildman–Crippen MR) is 137 cm³/mol. The lowest BCUT2D eigenvalue weighted by atomic mass is 9.33. The van der Waals surface area contributed by atoms with Crippen LogP contribution in [0.15, 0.2) is 11.6 Å². The van der Waals surface area contributed by atoms with Gasteiger partial charge in [-0.15, -0.1) is 0 Å². The molecule has 0 heterocycles. The molecular weight excluding hydrogens is 436 g/mol. The highest BCUT2D eigenvalue weighted by molar-refractivity contribution is 5.95. The van der Waals surface area contributed by atoms with E-state index in [1.807, 2.05) is 0 Å². The molecule has 5 aliphatic rings. The van der Waals surface area contributed by atoms with Crippen molar-refractivity contribution in [2.45, 2.75) is 112 Å². The van der Waals surface area contributed by atoms with Gasteiger partial charge < -0.3 is 9.84 Å². The Morgan fingerprint density at radius 2 is 1.60 bits per heavy atom. The van der Waals surface area contributed by atoms with Gasteiger partial charge in [0.25, 0.3) is 0 Å². The Morgan fingerprint density at radius 1 is 0.943 bits per heavy atom. The number of ether oxygens (including phenoxy) is 1. The second-order valence-corrected chi connectivity index (χ2v) is 15.1. The molecule has 4 heteroatoms. The third-order valence-corrected chi connectivity index (χ3v) is 13.2. The first kappa shape index (κ1) is 25.5. The van der Waals surface area contributed by atoms with Gasteiger partial charge >= 0.3 is 5.97 Å². The molecule has 0 aromatic heterocycles. The molecule has 0 bridgehead atoms. The number of allylic oxidation sites excluding steroid dienone is 2. The van der Waals surface area contributed by atoms with Gasteiger partial charge in [0.15, 0.2) is 5.78 Å². The van der Waals surface area contributed by atoms with Gasteiger partial charge in [-0.05, 0) is 110 Å². The van der Waals surface area contributed by atoms with Gasteiger partial charge in [-0.25, -0.2) is 0 Å². The van der Waals surface area contributed by atoms with Crippen molar-refractivity contribution in [1.29, 1.82) is 0 Å². The van der Waals surface area contributed by atoms with Crippen molar-refractivity contribution in [1.82, 2.24) is 0 Å². The quantitative estimate of drug-likeness (QED) is 0.431. The lowest BCUT2D eigenvalue weighted by Crippen LogP contribution is -2.66. The molecule has 0 saturated heterocycles. The summed E-state index contributed by atoms with van der Waals surface area (Å²) in [6.45, 7) is 16.2. The largest absolute Gasteiger partial charge is 0.469 e. The molecule has 0 aromatic carbocycles. The first-order valence-corrected chi connectivity index (χ1v) is 14.1. The summed E-state index contributed by atoms with van der Waals surface area (Å²) in [7, 11) is 1.50. The number of aliphatic hydroxyl groups is 1. The van der Waals surface area contributed by atoms with Gasteiger partial charge in [-0.2, -0.15) is 0 Å². The van der Waals surface area contributed by atoms with Crippen LogP contribution in [0.4, 0.5) is 0 Å². The second kappa shape index (κ2) is 7.45. The third-order valence-electron chi connectivity index (χ3n) is 13.2. The molecule has 0 amide bonds. The molecular formula is C31H48O4. The topological polar surface area (TPSA) is 63.6 Å². The van der Waals surface area contributed by atoms with Crippen molar-refractivity contribution in [3.05, 3.63) is 11.6 Å². The molecule has 4 saturated carbocycles. The Labute approximate surface area is 212 Å². The zero-order valence-electron chi connectivity index (χ0n) is 23.4. The summed E-state index contributed by atoms with van der Waals surface area (Å²) in [5.74, 6) is 0.805. The van der Waals surface area contributed by atoms with Crippen molar-refractivity contribution >= 4 is 11.8 Å². The third kappa shape index (κ3) is 3.07. The molecule has 4 nitrogen and oxygen atoms in total. The number of rotatable bonds is 1. The van der Waals surface area contributed by atoms with Crippen LogP contribution in [0.3, 0.4) is 0 Å². The molecule has 4 fully saturated rings. The summed E-state index contributed by atoms with van der Waals surface area (Å²) < 4.78 is 5.25. The monoisotopic (exact) mass is 484 g/mol. The molecule has 0 spiro atoms. The molecule has 5 aliphatic carbocycles. The van der Waals surface area contributed by atoms with Crippen molar-refractivity contribution < 1.29 is 19.4 Å². The minimum absolute atomic E-state index is 0.00536. The van der Waals surface area contributed by atoms with E-state index in [4.69, 9.17) is 4.74 Å². The number of carbonyl (C=O) groups is 2. The van der Waals surface area contributed by atoms with E-state index in [1.54, 1.807) is 0 Å². The number of esters is 1. The zero-order chi connectivity index (χ0) is 25.8. The van der Waals surface area contributed by atoms with Crippen LogP contribution >= 0.6 is 0 Å². The summed E-state index contributed by atoms with van der Waals surface area (Å²) in [4.78, 5) is 27.1. The molecule has 1 N–H and O–H groups in total. The Balaban J connectivity index is 1.61. The fraction of sp³-hybridized carbons (Fsp3) is 0.871. The number of hydrogen-bond donors (Lipinski definition) is 1. The maximum absolute atomic E-state index is 14.3. The number of fused-ring (bicyclic) bond motifs is 7. The highest BCUT2D eigenvalue weighted by Crippen LogP contribution is 2.75. The molecule has 35 heavy (non-hydrogen) atoms. The summed E-state index contributed by atoms with van der Waals surface area (Å²) in [6.07, 6.45) is 10.5. The van der Waals surface area contributed by atoms with E-state index >= 15 is 0 Å². The van der Waals surface area contributed by atoms with Crippen molar-refractivity contribution in [2.24, 2.45) is 50.2 Å². The van der Waals surface area contributed by atoms with Crippen LogP contribution < -0.4 is 0 Å². The van der Waals surface area contributed by atoms with Crippen LogP contribution in [0.5, 0.6) is 0 Å². The maximum Gasteiger partial charge on any atom is 0.311 e. The average Bonchev–Trinajstić information content (AvgIpc) is 2.78. The number of hydrogen-bond acceptors (Lipinski definition) is 4. The smallest absolute Gasteiger partial charge is 0.311 e. The van der Waals surface area contributed by atoms with Gasteiger partial charge in [0, 0.05) is 5.92 Å². The highest BCUT2D eigenvalue weighted by Gasteiger charge is 2.70. The van der Waals surface area contributed by atoms with E-state index in [9.17, 15) is 14.7 Å². The van der Waals surface area contributed by atoms with Crippen molar-refractivity contribution in [2.75, 3.05) is 7.11 Å². The van der Waals surface area contributed by atoms with Crippen LogP contribution in [0, 0.1) is 50.2 Å². The minimum atomic E-state index is -0.480. The molecule has 0 radical (unpaired) electrons. The van der Waals surface area contributed by atoms with E-state index in [0.717, 1.165) is 57.8 Å². The molecule has 0 aromatic rings. The zero-order valence-corrected chi connectivity index (χ0v) is 23.4. The van der Waals surface area contributed by atoms with E-state index in [2.05, 4.69) is 54.5 Å². The maximum atomic E-state index is 14.3. The Bertz CT molecular complexity index is 980. The van der Waals surface area contributed by atoms with Gasteiger partial charge in [0.1, 0.15) is 0 Å². The SMILES string of the molecule is COC(=O)[C@@]1(C)CC[C@]2(C)CCC3(C)C(=CC(=O)[C@@H]4[C@@]5(C)CC[C@H](O)C(C)(C)[C@@H]5CC[C@]43C)[C@@H]2C1. The molecule has 5 rings (SSSR count). The van der Waals surface area contributed by atoms with Crippen LogP contribution in [0.25, 0.3) is 0 Å². The molecule has 9 atom stereocenters. The van der Waals surface area contributed by atoms with Gasteiger partial charge in [0.05, 0.1) is 18.6 Å². The van der Waals surface area contributed by atoms with E-state index in [-0.39, 0.29) is 51.0 Å². The first-order chi connectivity index (χ1) is 16.1. The summed E-state index contributed by atoms with van der Waals surface area (Å²) in [6, 6.07) is 0. The van der Waals surface area contributed by atoms with E-state index < -0.39 is 5.41 Å². The van der Waals surface area contributed by atoms with Crippen LogP contribution in [0.1, 0.15) is 106 Å². The molecule has 1 unspecified atom stereocenters. The van der Waals surface area contributed by atoms with Crippen LogP contribution in [-0.2, 0) is 14.3 Å². The number of ketones is 1. The first-order valence-electron chi connectivity index (χ1n) is 14.1. The second-order valence-electron chi connectivity index (χ2n) is 15.1. The Hall–Kier alpha value is -1.16. The average molecular weight is 485 g/mol. The van der Waals surface area contributed by atoms with Gasteiger partial charge in [-0.3, -0.25) is 9.59 Å². The number of methoxy groups -OCH3 is 1. The fourth-order valence-electron chi connectivity index (χ4n) is 10.6. The number of carbonyl (C=O) groups excluding carboxylic acids is 2. The van der Waals surface area contributed by atoms with E-state index in [1.165, 1.54) is 12.7 Å². The number of aliphatic hydroxyl groups excluding tert-OH is 1. The van der Waals surface area contributed by atoms with E-state index in [0.29, 0.717) is 11.7 Å². The molecule has 0 aliphatic heterocycles. The van der Waals surface area contributed by atoms with Crippen LogP contribution in [-0.4, -0.2) is 30.1 Å². The minimum Gasteiger partial charge on any atom is -0.469 e. The summed E-state index contributed by atoms with van der Waals surface area (Å²) in [5, 5.41) is 10.9. The lowest BCUT2D eigenvalue weighted by Gasteiger charge is -2.70. The summed E-state index contributed by atoms with van der Waals surface area (Å²) in [5.41, 5.74) is 0.590. The predicted octanol–water partition coefficient (Wildman–Crippen LogP) is 6.50. The molecule has 196 valence electrons. The Kier molecular flexibility index (Phi) is 5.43. The normalized spacial score (nSPS) is 52.8. The standard InChI is InChI=1S/C31H48O4/c1-26(2)22-9-12-31(7)24(29(22,5)11-10-23(26)33)21(32)17-19-20-18-28(4,25(34)35-8)14-13-27(20,3)15-16-30(19,31)6/h17,20,22-24,33H,9-16,18H2,1-8H3/t20-,22-,23-,24+,27+,28-,29-,30?,31+/m0/s1.